The highest BCUT2D eigenvalue weighted by Crippen LogP contribution is 2.06. The van der Waals surface area contributed by atoms with Gasteiger partial charge >= 0.3 is 17.6 Å². The Morgan fingerprint density at radius 2 is 1.50 bits per heavy atom. The van der Waals surface area contributed by atoms with Crippen molar-refractivity contribution < 1.29 is 22.9 Å². The third-order valence-corrected chi connectivity index (χ3v) is 4.58. The molecule has 0 aliphatic heterocycles. The highest BCUT2D eigenvalue weighted by molar-refractivity contribution is 6.71. The van der Waals surface area contributed by atoms with Crippen LogP contribution in [0.4, 0.5) is 0 Å². The molecule has 0 saturated heterocycles. The average molecular weight is 184 g/mol. The summed E-state index contributed by atoms with van der Waals surface area (Å²) < 4.78 is 9.00. The van der Waals surface area contributed by atoms with Crippen molar-refractivity contribution in [3.63, 3.8) is 0 Å². The van der Waals surface area contributed by atoms with Crippen molar-refractivity contribution in [2.45, 2.75) is 13.1 Å². The maximum Gasteiger partial charge on any atom is 0.487 e. The molecule has 0 aliphatic carbocycles. The van der Waals surface area contributed by atoms with Crippen LogP contribution < -0.4 is 0 Å². The monoisotopic (exact) mass is 184 g/mol. The van der Waals surface area contributed by atoms with E-state index in [-0.39, 0.29) is 0 Å². The van der Waals surface area contributed by atoms with Crippen LogP contribution in [-0.2, 0) is 8.54 Å². The Kier molecular flexibility index (Phi) is 3.16. The fourth-order valence-corrected chi connectivity index (χ4v) is 3.60. The summed E-state index contributed by atoms with van der Waals surface area (Å²) in [6, 6.07) is 0. The lowest BCUT2D eigenvalue weighted by Gasteiger charge is -2.22. The summed E-state index contributed by atoms with van der Waals surface area (Å²) in [4.78, 5) is 26.6. The molecule has 0 rings (SSSR count). The molecule has 62 valence electrons. The lowest BCUT2D eigenvalue weighted by molar-refractivity contribution is 0.144. The van der Waals surface area contributed by atoms with Gasteiger partial charge in [-0.05, 0) is 0 Å². The van der Waals surface area contributed by atoms with Crippen LogP contribution >= 0.6 is 0 Å². The summed E-state index contributed by atoms with van der Waals surface area (Å²) in [7, 11) is -5.62. The maximum atomic E-state index is 9.07. The Morgan fingerprint density at radius 3 is 1.60 bits per heavy atom. The zero-order chi connectivity index (χ0) is 8.41. The first kappa shape index (κ1) is 10.2. The molecule has 1 atom stereocenters. The summed E-state index contributed by atoms with van der Waals surface area (Å²) in [5, 5.41) is 0. The highest BCUT2D eigenvalue weighted by Gasteiger charge is 2.39. The Labute approximate surface area is 61.6 Å². The van der Waals surface area contributed by atoms with Crippen molar-refractivity contribution in [1.82, 2.24) is 0 Å². The van der Waals surface area contributed by atoms with Crippen LogP contribution in [0.2, 0.25) is 13.1 Å². The Morgan fingerprint density at radius 1 is 1.10 bits per heavy atom. The second kappa shape index (κ2) is 3.09. The van der Waals surface area contributed by atoms with Crippen LogP contribution in [0.3, 0.4) is 0 Å². The molecule has 0 aliphatic rings. The van der Waals surface area contributed by atoms with Gasteiger partial charge in [0.05, 0.1) is 0 Å². The normalized spacial score (nSPS) is 18.6. The molecular weight excluding hydrogens is 172 g/mol. The van der Waals surface area contributed by atoms with Gasteiger partial charge in [-0.2, -0.15) is 0 Å². The van der Waals surface area contributed by atoms with Gasteiger partial charge in [0, 0.05) is 20.2 Å². The van der Waals surface area contributed by atoms with Crippen molar-refractivity contribution in [3.8, 4) is 0 Å². The molecule has 0 radical (unpaired) electrons. The Hall–Kier alpha value is 0.234. The fourth-order valence-electron chi connectivity index (χ4n) is 0.400. The summed E-state index contributed by atoms with van der Waals surface area (Å²) >= 11 is 0. The second-order valence-electron chi connectivity index (χ2n) is 2.14. The first-order chi connectivity index (χ1) is 4.27. The SMILES string of the molecule is CO[Si](C)(O)O[Si](C)(O)O. The van der Waals surface area contributed by atoms with Crippen molar-refractivity contribution in [1.29, 1.82) is 0 Å². The van der Waals surface area contributed by atoms with E-state index in [1.165, 1.54) is 13.7 Å². The van der Waals surface area contributed by atoms with E-state index in [0.29, 0.717) is 0 Å². The first-order valence-corrected chi connectivity index (χ1v) is 7.26. The Balaban J connectivity index is 3.89. The molecule has 0 aromatic rings. The van der Waals surface area contributed by atoms with Crippen molar-refractivity contribution in [2.24, 2.45) is 0 Å². The van der Waals surface area contributed by atoms with Crippen LogP contribution in [-0.4, -0.2) is 39.1 Å². The van der Waals surface area contributed by atoms with Crippen LogP contribution in [0, 0.1) is 0 Å². The topological polar surface area (TPSA) is 79.2 Å². The minimum Gasteiger partial charge on any atom is -0.390 e. The third-order valence-electron chi connectivity index (χ3n) is 0.761. The number of hydrogen-bond donors (Lipinski definition) is 3. The predicted molar refractivity (Wildman–Crippen MR) is 38.0 cm³/mol. The van der Waals surface area contributed by atoms with Gasteiger partial charge < -0.3 is 22.9 Å². The summed E-state index contributed by atoms with van der Waals surface area (Å²) in [5.41, 5.74) is 0. The third kappa shape index (κ3) is 5.05. The van der Waals surface area contributed by atoms with Gasteiger partial charge in [-0.1, -0.05) is 0 Å². The smallest absolute Gasteiger partial charge is 0.390 e. The minimum absolute atomic E-state index is 1.13. The van der Waals surface area contributed by atoms with Gasteiger partial charge in [0.25, 0.3) is 0 Å². The summed E-state index contributed by atoms with van der Waals surface area (Å²) in [6.45, 7) is 2.44. The molecular formula is C3H12O5Si2. The van der Waals surface area contributed by atoms with Crippen LogP contribution in [0.5, 0.6) is 0 Å². The van der Waals surface area contributed by atoms with Gasteiger partial charge in [0.15, 0.2) is 0 Å². The van der Waals surface area contributed by atoms with E-state index in [9.17, 15) is 0 Å². The van der Waals surface area contributed by atoms with E-state index in [2.05, 4.69) is 8.54 Å². The van der Waals surface area contributed by atoms with Gasteiger partial charge in [-0.25, -0.2) is 0 Å². The number of hydrogen-bond acceptors (Lipinski definition) is 5. The molecule has 7 heteroatoms. The molecule has 0 saturated carbocycles. The van der Waals surface area contributed by atoms with Gasteiger partial charge in [-0.15, -0.1) is 0 Å². The standard InChI is InChI=1S/C3H12O5Si2/c1-7-10(3,6)8-9(2,4)5/h4-6H,1-3H3. The second-order valence-corrected chi connectivity index (χ2v) is 7.03. The van der Waals surface area contributed by atoms with Crippen LogP contribution in [0.1, 0.15) is 0 Å². The molecule has 10 heavy (non-hydrogen) atoms. The molecule has 3 N–H and O–H groups in total. The van der Waals surface area contributed by atoms with Crippen molar-refractivity contribution in [3.05, 3.63) is 0 Å². The molecule has 0 aromatic heterocycles. The summed E-state index contributed by atoms with van der Waals surface area (Å²) in [6.07, 6.45) is 0. The van der Waals surface area contributed by atoms with Gasteiger partial charge in [0.2, 0.25) is 0 Å². The van der Waals surface area contributed by atoms with E-state index in [0.717, 1.165) is 6.55 Å². The molecule has 0 spiro atoms. The molecule has 0 amide bonds. The Bertz CT molecular complexity index is 108. The van der Waals surface area contributed by atoms with Gasteiger partial charge in [0.1, 0.15) is 0 Å². The molecule has 0 aromatic carbocycles. The van der Waals surface area contributed by atoms with E-state index in [1.807, 2.05) is 0 Å². The van der Waals surface area contributed by atoms with Crippen LogP contribution in [0.15, 0.2) is 0 Å². The predicted octanol–water partition coefficient (Wildman–Crippen LogP) is -1.24. The molecule has 0 fully saturated rings. The molecule has 1 unspecified atom stereocenters. The van der Waals surface area contributed by atoms with E-state index in [4.69, 9.17) is 14.4 Å². The molecule has 0 bridgehead atoms. The maximum absolute atomic E-state index is 9.07. The van der Waals surface area contributed by atoms with Gasteiger partial charge in [-0.3, -0.25) is 0 Å². The zero-order valence-electron chi connectivity index (χ0n) is 6.16. The van der Waals surface area contributed by atoms with Crippen molar-refractivity contribution in [2.75, 3.05) is 7.11 Å². The van der Waals surface area contributed by atoms with Crippen molar-refractivity contribution >= 4 is 17.6 Å². The molecule has 5 nitrogen and oxygen atoms in total. The fraction of sp³-hybridized carbons (Fsp3) is 1.00. The van der Waals surface area contributed by atoms with E-state index >= 15 is 0 Å². The molecule has 0 heterocycles. The summed E-state index contributed by atoms with van der Waals surface area (Å²) in [5.74, 6) is 0. The lowest BCUT2D eigenvalue weighted by Crippen LogP contribution is -2.50. The first-order valence-electron chi connectivity index (χ1n) is 2.69. The van der Waals surface area contributed by atoms with Crippen LogP contribution in [0.25, 0.3) is 0 Å². The minimum atomic E-state index is -3.63. The average Bonchev–Trinajstić information content (AvgIpc) is 1.60. The number of rotatable bonds is 3. The van der Waals surface area contributed by atoms with E-state index in [1.54, 1.807) is 0 Å². The lowest BCUT2D eigenvalue weighted by atomic mass is 11.8. The quantitative estimate of drug-likeness (QED) is 0.478. The largest absolute Gasteiger partial charge is 0.487 e. The van der Waals surface area contributed by atoms with E-state index < -0.39 is 17.6 Å². The zero-order valence-corrected chi connectivity index (χ0v) is 8.16. The highest BCUT2D eigenvalue weighted by atomic mass is 28.5.